The molecular weight excluding hydrogens is 362 g/mol. The highest BCUT2D eigenvalue weighted by molar-refractivity contribution is 7.10. The second-order valence-electron chi connectivity index (χ2n) is 6.83. The molecule has 0 saturated carbocycles. The van der Waals surface area contributed by atoms with Crippen LogP contribution in [0.3, 0.4) is 0 Å². The number of hydrogen-bond donors (Lipinski definition) is 1. The van der Waals surface area contributed by atoms with Crippen LogP contribution in [0, 0.1) is 0 Å². The zero-order valence-electron chi connectivity index (χ0n) is 14.8. The van der Waals surface area contributed by atoms with Crippen LogP contribution < -0.4 is 5.43 Å². The minimum Gasteiger partial charge on any atom is -0.387 e. The van der Waals surface area contributed by atoms with Gasteiger partial charge in [-0.1, -0.05) is 18.2 Å². The molecule has 2 atom stereocenters. The predicted molar refractivity (Wildman–Crippen MR) is 105 cm³/mol. The number of hydrogen-bond acceptors (Lipinski definition) is 5. The van der Waals surface area contributed by atoms with E-state index in [-0.39, 0.29) is 23.9 Å². The molecule has 0 aliphatic carbocycles. The summed E-state index contributed by atoms with van der Waals surface area (Å²) in [5, 5.41) is 17.1. The molecule has 1 aliphatic rings. The maximum atomic E-state index is 12.9. The number of nitrogens with zero attached hydrogens (tertiary/aromatic N) is 3. The largest absolute Gasteiger partial charge is 0.387 e. The van der Waals surface area contributed by atoms with Crippen molar-refractivity contribution in [3.63, 3.8) is 0 Å². The Kier molecular flexibility index (Phi) is 5.05. The van der Waals surface area contributed by atoms with Gasteiger partial charge in [-0.2, -0.15) is 5.10 Å². The predicted octanol–water partition coefficient (Wildman–Crippen LogP) is 2.57. The van der Waals surface area contributed by atoms with Crippen LogP contribution in [-0.2, 0) is 11.3 Å². The third-order valence-corrected chi connectivity index (χ3v) is 6.08. The fourth-order valence-corrected chi connectivity index (χ4v) is 4.49. The summed E-state index contributed by atoms with van der Waals surface area (Å²) < 4.78 is 1.59. The van der Waals surface area contributed by atoms with Crippen LogP contribution in [0.4, 0.5) is 0 Å². The van der Waals surface area contributed by atoms with Crippen molar-refractivity contribution in [2.45, 2.75) is 38.0 Å². The van der Waals surface area contributed by atoms with Gasteiger partial charge in [0.1, 0.15) is 6.54 Å². The third kappa shape index (κ3) is 3.65. The van der Waals surface area contributed by atoms with Gasteiger partial charge in [0.05, 0.1) is 17.8 Å². The Hall–Kier alpha value is -2.51. The van der Waals surface area contributed by atoms with Crippen molar-refractivity contribution >= 4 is 28.1 Å². The summed E-state index contributed by atoms with van der Waals surface area (Å²) in [6.07, 6.45) is 3.09. The quantitative estimate of drug-likeness (QED) is 0.735. The number of para-hydroxylation sites is 1. The third-order valence-electron chi connectivity index (χ3n) is 5.11. The Balaban J connectivity index is 1.51. The highest BCUT2D eigenvalue weighted by Crippen LogP contribution is 2.29. The number of likely N-dealkylation sites (tertiary alicyclic amines) is 1. The first-order chi connectivity index (χ1) is 13.1. The summed E-state index contributed by atoms with van der Waals surface area (Å²) in [6.45, 7) is 0.783. The van der Waals surface area contributed by atoms with Crippen LogP contribution in [0.2, 0.25) is 0 Å². The first kappa shape index (κ1) is 17.9. The highest BCUT2D eigenvalue weighted by atomic mass is 32.1. The second kappa shape index (κ2) is 7.62. The maximum absolute atomic E-state index is 12.9. The van der Waals surface area contributed by atoms with Crippen LogP contribution in [0.5, 0.6) is 0 Å². The van der Waals surface area contributed by atoms with Crippen molar-refractivity contribution < 1.29 is 9.90 Å². The number of benzene rings is 1. The number of carbonyl (C=O) groups excluding carboxylic acids is 1. The Labute approximate surface area is 160 Å². The molecule has 1 N–H and O–H groups in total. The van der Waals surface area contributed by atoms with Crippen molar-refractivity contribution in [3.8, 4) is 0 Å². The van der Waals surface area contributed by atoms with Gasteiger partial charge in [-0.3, -0.25) is 14.3 Å². The van der Waals surface area contributed by atoms with E-state index in [9.17, 15) is 14.7 Å². The summed E-state index contributed by atoms with van der Waals surface area (Å²) in [4.78, 5) is 27.7. The van der Waals surface area contributed by atoms with Crippen LogP contribution in [0.15, 0.2) is 52.8 Å². The fourth-order valence-electron chi connectivity index (χ4n) is 3.77. The molecule has 140 valence electrons. The molecule has 3 aromatic rings. The lowest BCUT2D eigenvalue weighted by Crippen LogP contribution is -2.39. The van der Waals surface area contributed by atoms with Gasteiger partial charge in [0.2, 0.25) is 11.3 Å². The minimum absolute atomic E-state index is 0.0280. The topological polar surface area (TPSA) is 75.4 Å². The molecule has 6 nitrogen and oxygen atoms in total. The van der Waals surface area contributed by atoms with E-state index in [0.29, 0.717) is 23.9 Å². The first-order valence-electron chi connectivity index (χ1n) is 9.09. The van der Waals surface area contributed by atoms with E-state index < -0.39 is 6.10 Å². The van der Waals surface area contributed by atoms with Crippen molar-refractivity contribution in [1.29, 1.82) is 0 Å². The molecule has 27 heavy (non-hydrogen) atoms. The van der Waals surface area contributed by atoms with E-state index in [1.54, 1.807) is 22.9 Å². The normalized spacial score (nSPS) is 18.1. The van der Waals surface area contributed by atoms with E-state index >= 15 is 0 Å². The SMILES string of the molecule is O=C(Cn1ncc(=O)c2ccccc21)N1CCC[C@H]1C[C@@H](O)c1cccs1. The van der Waals surface area contributed by atoms with Gasteiger partial charge in [0, 0.05) is 22.8 Å². The molecule has 1 fully saturated rings. The van der Waals surface area contributed by atoms with Gasteiger partial charge in [-0.15, -0.1) is 11.3 Å². The van der Waals surface area contributed by atoms with Crippen LogP contribution in [0.25, 0.3) is 10.9 Å². The molecule has 4 rings (SSSR count). The van der Waals surface area contributed by atoms with Crippen LogP contribution >= 0.6 is 11.3 Å². The van der Waals surface area contributed by atoms with Gasteiger partial charge < -0.3 is 10.0 Å². The van der Waals surface area contributed by atoms with E-state index in [1.807, 2.05) is 28.5 Å². The molecule has 0 radical (unpaired) electrons. The Morgan fingerprint density at radius 3 is 2.96 bits per heavy atom. The van der Waals surface area contributed by atoms with Crippen LogP contribution in [0.1, 0.15) is 30.2 Å². The molecule has 0 bridgehead atoms. The smallest absolute Gasteiger partial charge is 0.244 e. The average Bonchev–Trinajstić information content (AvgIpc) is 3.36. The molecule has 3 heterocycles. The van der Waals surface area contributed by atoms with Gasteiger partial charge in [-0.25, -0.2) is 0 Å². The van der Waals surface area contributed by atoms with Gasteiger partial charge in [0.25, 0.3) is 0 Å². The molecule has 2 aromatic heterocycles. The maximum Gasteiger partial charge on any atom is 0.244 e. The molecule has 1 saturated heterocycles. The number of aliphatic hydroxyl groups is 1. The summed E-state index contributed by atoms with van der Waals surface area (Å²) in [6, 6.07) is 11.1. The molecule has 7 heteroatoms. The number of aliphatic hydroxyl groups excluding tert-OH is 1. The van der Waals surface area contributed by atoms with Crippen molar-refractivity contribution in [2.75, 3.05) is 6.54 Å². The summed E-state index contributed by atoms with van der Waals surface area (Å²) in [5.74, 6) is -0.0304. The summed E-state index contributed by atoms with van der Waals surface area (Å²) in [7, 11) is 0. The zero-order valence-corrected chi connectivity index (χ0v) is 15.6. The second-order valence-corrected chi connectivity index (χ2v) is 7.81. The number of carbonyl (C=O) groups is 1. The summed E-state index contributed by atoms with van der Waals surface area (Å²) >= 11 is 1.53. The Bertz CT molecular complexity index is 999. The van der Waals surface area contributed by atoms with Gasteiger partial charge >= 0.3 is 0 Å². The summed E-state index contributed by atoms with van der Waals surface area (Å²) in [5.41, 5.74) is 0.514. The van der Waals surface area contributed by atoms with Crippen LogP contribution in [-0.4, -0.2) is 38.3 Å². The lowest BCUT2D eigenvalue weighted by molar-refractivity contribution is -0.133. The van der Waals surface area contributed by atoms with Crippen molar-refractivity contribution in [1.82, 2.24) is 14.7 Å². The van der Waals surface area contributed by atoms with Crippen molar-refractivity contribution in [3.05, 3.63) is 63.1 Å². The molecule has 0 spiro atoms. The molecule has 0 unspecified atom stereocenters. The number of thiophene rings is 1. The monoisotopic (exact) mass is 383 g/mol. The standard InChI is InChI=1S/C20H21N3O3S/c24-17(19-8-4-10-27-19)11-14-5-3-9-22(14)20(26)13-23-16-7-2-1-6-15(16)18(25)12-21-23/h1-2,4,6-8,10,12,14,17,24H,3,5,9,11,13H2/t14-,17+/m0/s1. The van der Waals surface area contributed by atoms with Gasteiger partial charge in [-0.05, 0) is 42.8 Å². The first-order valence-corrected chi connectivity index (χ1v) is 9.97. The number of rotatable bonds is 5. The van der Waals surface area contributed by atoms with Crippen molar-refractivity contribution in [2.24, 2.45) is 0 Å². The Morgan fingerprint density at radius 1 is 1.30 bits per heavy atom. The minimum atomic E-state index is -0.547. The molecule has 1 amide bonds. The lowest BCUT2D eigenvalue weighted by atomic mass is 10.1. The number of fused-ring (bicyclic) bond motifs is 1. The lowest BCUT2D eigenvalue weighted by Gasteiger charge is -2.26. The molecule has 1 aromatic carbocycles. The van der Waals surface area contributed by atoms with E-state index in [4.69, 9.17) is 0 Å². The number of aromatic nitrogens is 2. The van der Waals surface area contributed by atoms with Gasteiger partial charge in [0.15, 0.2) is 0 Å². The number of amides is 1. The average molecular weight is 383 g/mol. The molecular formula is C20H21N3O3S. The van der Waals surface area contributed by atoms with E-state index in [1.165, 1.54) is 17.5 Å². The molecule has 1 aliphatic heterocycles. The zero-order chi connectivity index (χ0) is 18.8. The highest BCUT2D eigenvalue weighted by Gasteiger charge is 2.31. The Morgan fingerprint density at radius 2 is 2.15 bits per heavy atom. The van der Waals surface area contributed by atoms with E-state index in [2.05, 4.69) is 5.10 Å². The fraction of sp³-hybridized carbons (Fsp3) is 0.350. The van der Waals surface area contributed by atoms with E-state index in [0.717, 1.165) is 17.7 Å².